The van der Waals surface area contributed by atoms with Crippen molar-refractivity contribution < 1.29 is 176 Å². The molecular weight excluding hydrogens is 1960 g/mol. The number of aryl methyl sites for hydroxylation is 1. The van der Waals surface area contributed by atoms with Crippen molar-refractivity contribution >= 4 is 64.5 Å². The highest BCUT2D eigenvalue weighted by Crippen LogP contribution is 2.45. The number of hydrogen-bond donors (Lipinski definition) is 4. The van der Waals surface area contributed by atoms with E-state index in [-0.39, 0.29) is 106 Å². The van der Waals surface area contributed by atoms with Gasteiger partial charge in [-0.3, -0.25) is 33.6 Å². The minimum atomic E-state index is -1.30. The average Bonchev–Trinajstić information content (AvgIpc) is 1.63. The Morgan fingerprint density at radius 3 is 1.24 bits per heavy atom. The van der Waals surface area contributed by atoms with Crippen LogP contribution in [0.25, 0.3) is 0 Å². The number of ketones is 3. The van der Waals surface area contributed by atoms with Crippen LogP contribution in [-0.2, 0) is 184 Å². The molecule has 0 unspecified atom stereocenters. The predicted octanol–water partition coefficient (Wildman–Crippen LogP) is 7.81. The number of epoxide rings is 1. The summed E-state index contributed by atoms with van der Waals surface area (Å²) in [5, 5.41) is 11.7. The highest BCUT2D eigenvalue weighted by Gasteiger charge is 2.48. The molecule has 1 fully saturated rings. The van der Waals surface area contributed by atoms with E-state index in [0.717, 1.165) is 11.1 Å². The first-order valence-electron chi connectivity index (χ1n) is 52.5. The molecule has 42 heteroatoms. The fourth-order valence-electron chi connectivity index (χ4n) is 14.4. The zero-order valence-electron chi connectivity index (χ0n) is 89.8. The number of methoxy groups -OCH3 is 2. The maximum Gasteiger partial charge on any atom is 0.347 e. The van der Waals surface area contributed by atoms with Gasteiger partial charge in [-0.2, -0.15) is 0 Å². The number of rotatable bonds is 98. The quantitative estimate of drug-likeness (QED) is 0.0278. The Morgan fingerprint density at radius 2 is 0.858 bits per heavy atom. The van der Waals surface area contributed by atoms with Crippen molar-refractivity contribution in [3.8, 4) is 5.75 Å². The maximum atomic E-state index is 14.3. The summed E-state index contributed by atoms with van der Waals surface area (Å²) in [5.74, 6) is -4.57. The van der Waals surface area contributed by atoms with Crippen molar-refractivity contribution in [1.82, 2.24) is 21.3 Å². The van der Waals surface area contributed by atoms with Gasteiger partial charge in [0.05, 0.1) is 340 Å². The minimum Gasteiger partial charge on any atom is -0.495 e. The van der Waals surface area contributed by atoms with E-state index in [1.807, 2.05) is 58.9 Å². The van der Waals surface area contributed by atoms with E-state index in [2.05, 4.69) is 21.3 Å². The standard InChI is InChI=1S/C106H177ClN4O37/c1-82(2)77-96-104(119)146-94(17-14-19-98(116)110-91(79-87-23-27-95(122-10)90(107)78-87)103(118)109-81-106(7,8)105(120)147-96)85(6)101-102(148-101)88-24-20-86(21-25-88)22-26-92(113)89(80-93(114)100(83(3)4)111-99(117)18-13-15-84(5)112)16-11-12-29-108-97(115)28-30-123-33-34-125-37-38-127-41-42-129-45-46-131-49-50-133-53-54-135-57-58-137-61-62-139-65-66-141-69-70-143-73-74-145-76-75-144-72-71-142-68-67-140-64-63-138-60-59-136-56-55-134-52-51-132-48-47-130-44-43-128-40-39-126-36-35-124-32-31-121-9/h14,19-21,23-25,27,78,82-83,85,89,91,94,96,100-102H,11-13,15-18,22,26,28-77,79-81H2,1-10H3,(H,108,115)(H,109,118)(H,110,116)(H,111,117)/b19-14+/t85-,89+,91+,94-,96-,100-,101+,102+/m0/s1. The lowest BCUT2D eigenvalue weighted by atomic mass is 9.85. The third kappa shape index (κ3) is 70.4. The third-order valence-corrected chi connectivity index (χ3v) is 23.1. The van der Waals surface area contributed by atoms with Crippen molar-refractivity contribution in [1.29, 1.82) is 0 Å². The first kappa shape index (κ1) is 133. The number of halogens is 1. The van der Waals surface area contributed by atoms with Crippen molar-refractivity contribution in [2.45, 2.75) is 175 Å². The van der Waals surface area contributed by atoms with Gasteiger partial charge in [-0.15, -0.1) is 0 Å². The zero-order chi connectivity index (χ0) is 107. The van der Waals surface area contributed by atoms with Crippen LogP contribution in [0.15, 0.2) is 54.6 Å². The molecule has 148 heavy (non-hydrogen) atoms. The highest BCUT2D eigenvalue weighted by atomic mass is 35.5. The van der Waals surface area contributed by atoms with Gasteiger partial charge in [0.25, 0.3) is 0 Å². The lowest BCUT2D eigenvalue weighted by Gasteiger charge is -2.29. The summed E-state index contributed by atoms with van der Waals surface area (Å²) < 4.78 is 156. The second-order valence-electron chi connectivity index (χ2n) is 36.4. The number of Topliss-reactive ketones (excluding diaryl/α,β-unsaturated/α-hetero) is 3. The van der Waals surface area contributed by atoms with Crippen molar-refractivity contribution in [3.05, 3.63) is 76.3 Å². The van der Waals surface area contributed by atoms with Crippen LogP contribution in [0.1, 0.15) is 149 Å². The fourth-order valence-corrected chi connectivity index (χ4v) is 14.6. The van der Waals surface area contributed by atoms with Gasteiger partial charge in [0.1, 0.15) is 35.6 Å². The van der Waals surface area contributed by atoms with E-state index in [9.17, 15) is 43.2 Å². The van der Waals surface area contributed by atoms with Crippen LogP contribution in [0.3, 0.4) is 0 Å². The number of ether oxygens (including phenoxy) is 28. The number of nitrogens with one attached hydrogen (secondary N) is 4. The predicted molar refractivity (Wildman–Crippen MR) is 547 cm³/mol. The number of esters is 2. The summed E-state index contributed by atoms with van der Waals surface area (Å²) >= 11 is 6.43. The molecule has 41 nitrogen and oxygen atoms in total. The monoisotopic (exact) mass is 2130 g/mol. The molecular formula is C106H177ClN4O37. The average molecular weight is 2140 g/mol. The summed E-state index contributed by atoms with van der Waals surface area (Å²) in [6, 6.07) is 10.8. The van der Waals surface area contributed by atoms with Crippen LogP contribution in [0.2, 0.25) is 5.02 Å². The van der Waals surface area contributed by atoms with Gasteiger partial charge in [0.15, 0.2) is 11.9 Å². The van der Waals surface area contributed by atoms with Gasteiger partial charge in [-0.1, -0.05) is 89.0 Å². The van der Waals surface area contributed by atoms with Crippen molar-refractivity contribution in [3.63, 3.8) is 0 Å². The number of carbonyl (C=O) groups is 9. The zero-order valence-corrected chi connectivity index (χ0v) is 90.5. The molecule has 2 aromatic carbocycles. The van der Waals surface area contributed by atoms with Gasteiger partial charge in [0.2, 0.25) is 23.6 Å². The third-order valence-electron chi connectivity index (χ3n) is 22.8. The van der Waals surface area contributed by atoms with Crippen LogP contribution < -0.4 is 26.0 Å². The minimum absolute atomic E-state index is 0.0353. The van der Waals surface area contributed by atoms with Gasteiger partial charge >= 0.3 is 11.9 Å². The van der Waals surface area contributed by atoms with E-state index >= 15 is 0 Å². The van der Waals surface area contributed by atoms with Crippen molar-refractivity contribution in [2.24, 2.45) is 29.1 Å². The molecule has 2 aliphatic rings. The summed E-state index contributed by atoms with van der Waals surface area (Å²) in [5.41, 5.74) is 1.05. The molecule has 0 spiro atoms. The van der Waals surface area contributed by atoms with Crippen LogP contribution in [0.5, 0.6) is 5.75 Å². The van der Waals surface area contributed by atoms with Crippen LogP contribution in [-0.4, -0.2) is 421 Å². The number of amides is 4. The Kier molecular flexibility index (Phi) is 80.6. The molecule has 4 amide bonds. The smallest absolute Gasteiger partial charge is 0.347 e. The summed E-state index contributed by atoms with van der Waals surface area (Å²) in [6.45, 7) is 35.4. The molecule has 1 saturated heterocycles. The Bertz CT molecular complexity index is 3770. The molecule has 0 aromatic heterocycles. The number of hydrogen-bond acceptors (Lipinski definition) is 37. The number of unbranched alkanes of at least 4 members (excludes halogenated alkanes) is 1. The second-order valence-corrected chi connectivity index (χ2v) is 36.9. The first-order valence-corrected chi connectivity index (χ1v) is 52.9. The Balaban J connectivity index is 0.930. The number of cyclic esters (lactones) is 2. The van der Waals surface area contributed by atoms with Crippen LogP contribution in [0.4, 0.5) is 0 Å². The normalized spacial score (nSPS) is 17.0. The molecule has 4 rings (SSSR count). The molecule has 4 N–H and O–H groups in total. The molecule has 8 atom stereocenters. The Morgan fingerprint density at radius 1 is 0.459 bits per heavy atom. The van der Waals surface area contributed by atoms with Gasteiger partial charge in [-0.25, -0.2) is 4.79 Å². The highest BCUT2D eigenvalue weighted by molar-refractivity contribution is 6.32. The first-order chi connectivity index (χ1) is 71.9. The molecule has 0 radical (unpaired) electrons. The molecule has 2 aromatic rings. The Hall–Kier alpha value is -6.90. The Labute approximate surface area is 881 Å². The van der Waals surface area contributed by atoms with E-state index in [4.69, 9.17) is 144 Å². The summed E-state index contributed by atoms with van der Waals surface area (Å²) in [4.78, 5) is 121. The SMILES string of the molecule is COCCOCCOCCOCCOCCOCCOCCOCCOCCOCCOCCOCCOCCOCCOCCOCCOCCOCCOCCOCCOCCOCCOCCOCCC(=O)NCCCC[C@H](CC(=O)[C@@H](NC(=O)CCCC(C)=O)C(C)C)C(=O)CCc1ccc([C@H]2O[C@@H]2[C@@H](C)[C@@H]2C/C=C/C(=O)N[C@H](Cc3ccc(OC)c(Cl)c3)C(=O)NCC(C)(C)C(=O)O[C@@H](CC(C)C)C(=O)O2)cc1. The van der Waals surface area contributed by atoms with E-state index in [1.54, 1.807) is 45.2 Å². The molecule has 2 heterocycles. The van der Waals surface area contributed by atoms with E-state index < -0.39 is 77.5 Å². The topological polar surface area (TPSA) is 463 Å². The summed E-state index contributed by atoms with van der Waals surface area (Å²) in [6.07, 6.45) is 2.89. The largest absolute Gasteiger partial charge is 0.495 e. The fraction of sp³-hybridized carbons (Fsp3) is 0.783. The van der Waals surface area contributed by atoms with Crippen LogP contribution in [0, 0.1) is 29.1 Å². The molecule has 850 valence electrons. The van der Waals surface area contributed by atoms with Gasteiger partial charge in [0, 0.05) is 77.0 Å². The van der Waals surface area contributed by atoms with E-state index in [1.165, 1.54) is 20.1 Å². The lowest BCUT2D eigenvalue weighted by Crippen LogP contribution is -2.51. The summed E-state index contributed by atoms with van der Waals surface area (Å²) in [7, 11) is 3.13. The molecule has 2 aliphatic heterocycles. The molecule has 0 bridgehead atoms. The van der Waals surface area contributed by atoms with Gasteiger partial charge in [-0.05, 0) is 99.6 Å². The number of benzene rings is 2. The maximum absolute atomic E-state index is 14.3. The molecule has 0 aliphatic carbocycles. The van der Waals surface area contributed by atoms with Gasteiger partial charge < -0.3 is 159 Å². The van der Waals surface area contributed by atoms with Crippen LogP contribution >= 0.6 is 11.6 Å². The van der Waals surface area contributed by atoms with Crippen molar-refractivity contribution in [2.75, 3.05) is 338 Å². The van der Waals surface area contributed by atoms with E-state index in [0.29, 0.717) is 359 Å². The lowest BCUT2D eigenvalue weighted by molar-refractivity contribution is -0.179. The number of carbonyl (C=O) groups excluding carboxylic acids is 9. The molecule has 0 saturated carbocycles. The second kappa shape index (κ2) is 89.4.